The maximum absolute atomic E-state index is 5.81. The number of nitrogens with one attached hydrogen (secondary N) is 2. The highest BCUT2D eigenvalue weighted by atomic mass is 35.5. The molecule has 2 rings (SSSR count). The molecular weight excluding hydrogens is 268 g/mol. The zero-order valence-corrected chi connectivity index (χ0v) is 11.0. The molecule has 0 aliphatic heterocycles. The van der Waals surface area contributed by atoms with Crippen LogP contribution >= 0.6 is 23.8 Å². The molecule has 18 heavy (non-hydrogen) atoms. The lowest BCUT2D eigenvalue weighted by molar-refractivity contribution is 0.923. The van der Waals surface area contributed by atoms with Gasteiger partial charge in [0.15, 0.2) is 5.11 Å². The van der Waals surface area contributed by atoms with Gasteiger partial charge >= 0.3 is 0 Å². The summed E-state index contributed by atoms with van der Waals surface area (Å²) < 4.78 is 0. The van der Waals surface area contributed by atoms with Gasteiger partial charge in [0.05, 0.1) is 0 Å². The van der Waals surface area contributed by atoms with Crippen LogP contribution in [0.5, 0.6) is 0 Å². The van der Waals surface area contributed by atoms with Crippen molar-refractivity contribution in [3.8, 4) is 0 Å². The first-order valence-electron chi connectivity index (χ1n) is 5.30. The average Bonchev–Trinajstić information content (AvgIpc) is 2.39. The topological polar surface area (TPSA) is 49.8 Å². The average molecular weight is 279 g/mol. The molecule has 0 aliphatic rings. The lowest BCUT2D eigenvalue weighted by Gasteiger charge is -2.08. The van der Waals surface area contributed by atoms with E-state index in [1.54, 1.807) is 18.5 Å². The van der Waals surface area contributed by atoms with Gasteiger partial charge < -0.3 is 10.6 Å². The van der Waals surface area contributed by atoms with Crippen molar-refractivity contribution in [1.29, 1.82) is 0 Å². The van der Waals surface area contributed by atoms with Crippen molar-refractivity contribution in [3.63, 3.8) is 0 Å². The molecule has 1 heterocycles. The van der Waals surface area contributed by atoms with Gasteiger partial charge in [0, 0.05) is 24.0 Å². The Hall–Kier alpha value is -1.72. The molecular formula is C12H11ClN4S. The third-order valence-corrected chi connectivity index (χ3v) is 2.66. The fourth-order valence-corrected chi connectivity index (χ4v) is 1.58. The van der Waals surface area contributed by atoms with Crippen LogP contribution in [0.2, 0.25) is 5.02 Å². The van der Waals surface area contributed by atoms with Gasteiger partial charge in [-0.2, -0.15) is 0 Å². The minimum Gasteiger partial charge on any atom is -0.358 e. The SMILES string of the molecule is S=C(NCc1ccc(Cl)cc1)Nc1ncccn1. The first-order chi connectivity index (χ1) is 8.74. The van der Waals surface area contributed by atoms with Gasteiger partial charge in [-0.15, -0.1) is 0 Å². The summed E-state index contributed by atoms with van der Waals surface area (Å²) in [6.45, 7) is 0.621. The molecule has 6 heteroatoms. The quantitative estimate of drug-likeness (QED) is 0.846. The van der Waals surface area contributed by atoms with Crippen molar-refractivity contribution in [1.82, 2.24) is 15.3 Å². The van der Waals surface area contributed by atoms with Gasteiger partial charge in [0.25, 0.3) is 0 Å². The summed E-state index contributed by atoms with van der Waals surface area (Å²) in [6, 6.07) is 9.31. The number of aromatic nitrogens is 2. The molecule has 92 valence electrons. The largest absolute Gasteiger partial charge is 0.358 e. The van der Waals surface area contributed by atoms with Crippen molar-refractivity contribution in [3.05, 3.63) is 53.3 Å². The van der Waals surface area contributed by atoms with Crippen LogP contribution < -0.4 is 10.6 Å². The van der Waals surface area contributed by atoms with E-state index in [4.69, 9.17) is 23.8 Å². The fraction of sp³-hybridized carbons (Fsp3) is 0.0833. The monoisotopic (exact) mass is 278 g/mol. The molecule has 0 saturated heterocycles. The number of hydrogen-bond donors (Lipinski definition) is 2. The van der Waals surface area contributed by atoms with Crippen LogP contribution in [0.1, 0.15) is 5.56 Å². The lowest BCUT2D eigenvalue weighted by atomic mass is 10.2. The fourth-order valence-electron chi connectivity index (χ4n) is 1.29. The Morgan fingerprint density at radius 3 is 2.50 bits per heavy atom. The third kappa shape index (κ3) is 3.94. The molecule has 0 atom stereocenters. The van der Waals surface area contributed by atoms with E-state index in [-0.39, 0.29) is 0 Å². The van der Waals surface area contributed by atoms with Crippen LogP contribution in [0.4, 0.5) is 5.95 Å². The van der Waals surface area contributed by atoms with Crippen molar-refractivity contribution < 1.29 is 0 Å². The van der Waals surface area contributed by atoms with Crippen LogP contribution in [-0.2, 0) is 6.54 Å². The van der Waals surface area contributed by atoms with Crippen LogP contribution in [-0.4, -0.2) is 15.1 Å². The van der Waals surface area contributed by atoms with Gasteiger partial charge in [0.1, 0.15) is 0 Å². The van der Waals surface area contributed by atoms with E-state index in [9.17, 15) is 0 Å². The number of anilines is 1. The van der Waals surface area contributed by atoms with Crippen LogP contribution in [0.25, 0.3) is 0 Å². The van der Waals surface area contributed by atoms with Gasteiger partial charge in [-0.05, 0) is 36.0 Å². The molecule has 0 spiro atoms. The van der Waals surface area contributed by atoms with E-state index < -0.39 is 0 Å². The highest BCUT2D eigenvalue weighted by molar-refractivity contribution is 7.80. The normalized spacial score (nSPS) is 9.83. The summed E-state index contributed by atoms with van der Waals surface area (Å²) in [5.74, 6) is 0.478. The zero-order valence-electron chi connectivity index (χ0n) is 9.43. The minimum absolute atomic E-state index is 0.478. The lowest BCUT2D eigenvalue weighted by Crippen LogP contribution is -2.28. The molecule has 2 aromatic rings. The third-order valence-electron chi connectivity index (χ3n) is 2.16. The highest BCUT2D eigenvalue weighted by Gasteiger charge is 1.99. The molecule has 1 aromatic heterocycles. The van der Waals surface area contributed by atoms with Gasteiger partial charge in [0.2, 0.25) is 5.95 Å². The van der Waals surface area contributed by atoms with Crippen molar-refractivity contribution >= 4 is 34.9 Å². The molecule has 1 aromatic carbocycles. The Morgan fingerprint density at radius 1 is 1.17 bits per heavy atom. The smallest absolute Gasteiger partial charge is 0.228 e. The maximum Gasteiger partial charge on any atom is 0.228 e. The van der Waals surface area contributed by atoms with Gasteiger partial charge in [-0.25, -0.2) is 9.97 Å². The second-order valence-corrected chi connectivity index (χ2v) is 4.35. The van der Waals surface area contributed by atoms with Crippen LogP contribution in [0.3, 0.4) is 0 Å². The maximum atomic E-state index is 5.81. The second-order valence-electron chi connectivity index (χ2n) is 3.51. The Bertz CT molecular complexity index is 515. The molecule has 0 radical (unpaired) electrons. The number of thiocarbonyl (C=S) groups is 1. The Kier molecular flexibility index (Phi) is 4.44. The van der Waals surface area contributed by atoms with E-state index in [1.807, 2.05) is 24.3 Å². The van der Waals surface area contributed by atoms with E-state index in [1.165, 1.54) is 0 Å². The predicted octanol–water partition coefficient (Wildman–Crippen LogP) is 2.62. The second kappa shape index (κ2) is 6.28. The molecule has 0 fully saturated rings. The Balaban J connectivity index is 1.83. The van der Waals surface area contributed by atoms with Gasteiger partial charge in [-0.1, -0.05) is 23.7 Å². The first-order valence-corrected chi connectivity index (χ1v) is 6.09. The summed E-state index contributed by atoms with van der Waals surface area (Å²) in [7, 11) is 0. The molecule has 0 unspecified atom stereocenters. The minimum atomic E-state index is 0.478. The Morgan fingerprint density at radius 2 is 1.83 bits per heavy atom. The predicted molar refractivity (Wildman–Crippen MR) is 76.5 cm³/mol. The van der Waals surface area contributed by atoms with Crippen molar-refractivity contribution in [2.24, 2.45) is 0 Å². The number of hydrogen-bond acceptors (Lipinski definition) is 3. The number of nitrogens with zero attached hydrogens (tertiary/aromatic N) is 2. The molecule has 0 saturated carbocycles. The number of benzene rings is 1. The van der Waals surface area contributed by atoms with E-state index in [0.717, 1.165) is 10.6 Å². The van der Waals surface area contributed by atoms with Crippen LogP contribution in [0, 0.1) is 0 Å². The molecule has 2 N–H and O–H groups in total. The summed E-state index contributed by atoms with van der Waals surface area (Å²) >= 11 is 10.9. The van der Waals surface area contributed by atoms with E-state index in [2.05, 4.69) is 20.6 Å². The Labute approximate surface area is 115 Å². The molecule has 4 nitrogen and oxygen atoms in total. The van der Waals surface area contributed by atoms with Gasteiger partial charge in [-0.3, -0.25) is 0 Å². The summed E-state index contributed by atoms with van der Waals surface area (Å²) in [5.41, 5.74) is 1.09. The molecule has 0 bridgehead atoms. The van der Waals surface area contributed by atoms with Crippen LogP contribution in [0.15, 0.2) is 42.7 Å². The molecule has 0 aliphatic carbocycles. The van der Waals surface area contributed by atoms with Crippen molar-refractivity contribution in [2.45, 2.75) is 6.54 Å². The first kappa shape index (κ1) is 12.7. The van der Waals surface area contributed by atoms with E-state index >= 15 is 0 Å². The van der Waals surface area contributed by atoms with E-state index in [0.29, 0.717) is 17.6 Å². The summed E-state index contributed by atoms with van der Waals surface area (Å²) in [4.78, 5) is 8.04. The summed E-state index contributed by atoms with van der Waals surface area (Å²) in [6.07, 6.45) is 3.30. The zero-order chi connectivity index (χ0) is 12.8. The highest BCUT2D eigenvalue weighted by Crippen LogP contribution is 2.09. The number of halogens is 1. The standard InChI is InChI=1S/C12H11ClN4S/c13-10-4-2-9(3-5-10)8-16-12(18)17-11-14-6-1-7-15-11/h1-7H,8H2,(H2,14,15,16,17,18). The number of rotatable bonds is 3. The molecule has 0 amide bonds. The summed E-state index contributed by atoms with van der Waals surface area (Å²) in [5, 5.41) is 7.16. The van der Waals surface area contributed by atoms with Crippen molar-refractivity contribution in [2.75, 3.05) is 5.32 Å².